The lowest BCUT2D eigenvalue weighted by molar-refractivity contribution is -0.140. The minimum absolute atomic E-state index is 0.149. The summed E-state index contributed by atoms with van der Waals surface area (Å²) in [6.07, 6.45) is 2.34. The molecule has 1 unspecified atom stereocenters. The van der Waals surface area contributed by atoms with Gasteiger partial charge in [0, 0.05) is 13.1 Å². The second-order valence-electron chi connectivity index (χ2n) is 5.17. The number of piperidine rings is 1. The Bertz CT molecular complexity index is 542. The van der Waals surface area contributed by atoms with Crippen LogP contribution >= 0.6 is 11.6 Å². The molecular formula is C15H19ClN2O3. The molecule has 0 radical (unpaired) electrons. The van der Waals surface area contributed by atoms with E-state index in [1.54, 1.807) is 11.8 Å². The van der Waals surface area contributed by atoms with Gasteiger partial charge in [-0.05, 0) is 44.4 Å². The van der Waals surface area contributed by atoms with Gasteiger partial charge >= 0.3 is 5.97 Å². The van der Waals surface area contributed by atoms with E-state index >= 15 is 0 Å². The van der Waals surface area contributed by atoms with Crippen LogP contribution in [0.1, 0.15) is 36.5 Å². The van der Waals surface area contributed by atoms with Gasteiger partial charge in [-0.25, -0.2) is 4.79 Å². The van der Waals surface area contributed by atoms with E-state index in [0.717, 1.165) is 32.4 Å². The van der Waals surface area contributed by atoms with E-state index in [0.29, 0.717) is 10.7 Å². The molecule has 1 aliphatic heterocycles. The van der Waals surface area contributed by atoms with Gasteiger partial charge < -0.3 is 15.4 Å². The zero-order valence-corrected chi connectivity index (χ0v) is 12.7. The molecule has 1 aromatic rings. The van der Waals surface area contributed by atoms with Crippen molar-refractivity contribution in [2.75, 3.05) is 18.8 Å². The standard InChI is InChI=1S/C15H19ClN2O3/c1-10(14(19)18-7-3-2-4-8-18)21-15(20)11-5-6-13(17)12(16)9-11/h5-6,9-10H,2-4,7-8,17H2,1H3. The SMILES string of the molecule is CC(OC(=O)c1ccc(N)c(Cl)c1)C(=O)N1CCCCC1. The topological polar surface area (TPSA) is 72.6 Å². The summed E-state index contributed by atoms with van der Waals surface area (Å²) in [5, 5.41) is 0.291. The first-order valence-corrected chi connectivity index (χ1v) is 7.41. The van der Waals surface area contributed by atoms with Crippen molar-refractivity contribution in [1.29, 1.82) is 0 Å². The summed E-state index contributed by atoms with van der Waals surface area (Å²) in [7, 11) is 0. The summed E-state index contributed by atoms with van der Waals surface area (Å²) in [4.78, 5) is 25.9. The minimum atomic E-state index is -0.799. The van der Waals surface area contributed by atoms with Crippen molar-refractivity contribution in [3.63, 3.8) is 0 Å². The molecule has 1 amide bonds. The second-order valence-corrected chi connectivity index (χ2v) is 5.58. The molecular weight excluding hydrogens is 292 g/mol. The number of amides is 1. The van der Waals surface area contributed by atoms with Crippen LogP contribution in [0.4, 0.5) is 5.69 Å². The number of nitrogen functional groups attached to an aromatic ring is 1. The molecule has 0 aromatic heterocycles. The van der Waals surface area contributed by atoms with Gasteiger partial charge in [-0.15, -0.1) is 0 Å². The van der Waals surface area contributed by atoms with E-state index in [4.69, 9.17) is 22.1 Å². The number of nitrogens with zero attached hydrogens (tertiary/aromatic N) is 1. The molecule has 1 aromatic carbocycles. The normalized spacial score (nSPS) is 16.4. The first-order chi connectivity index (χ1) is 9.99. The van der Waals surface area contributed by atoms with Crippen molar-refractivity contribution in [3.05, 3.63) is 28.8 Å². The third-order valence-corrected chi connectivity index (χ3v) is 3.86. The first kappa shape index (κ1) is 15.6. The number of rotatable bonds is 3. The van der Waals surface area contributed by atoms with Crippen LogP contribution in [0.15, 0.2) is 18.2 Å². The van der Waals surface area contributed by atoms with Crippen LogP contribution in [0.2, 0.25) is 5.02 Å². The molecule has 1 heterocycles. The smallest absolute Gasteiger partial charge is 0.338 e. The minimum Gasteiger partial charge on any atom is -0.449 e. The fourth-order valence-electron chi connectivity index (χ4n) is 2.30. The molecule has 114 valence electrons. The van der Waals surface area contributed by atoms with Crippen LogP contribution in [-0.4, -0.2) is 36.0 Å². The van der Waals surface area contributed by atoms with Gasteiger partial charge in [-0.1, -0.05) is 11.6 Å². The van der Waals surface area contributed by atoms with E-state index in [9.17, 15) is 9.59 Å². The predicted octanol–water partition coefficient (Wildman–Crippen LogP) is 2.48. The maximum Gasteiger partial charge on any atom is 0.338 e. The molecule has 2 rings (SSSR count). The number of ether oxygens (including phenoxy) is 1. The van der Waals surface area contributed by atoms with Gasteiger partial charge in [-0.3, -0.25) is 4.79 Å². The Hall–Kier alpha value is -1.75. The number of anilines is 1. The molecule has 0 aliphatic carbocycles. The van der Waals surface area contributed by atoms with Crippen LogP contribution in [-0.2, 0) is 9.53 Å². The van der Waals surface area contributed by atoms with Gasteiger partial charge in [0.05, 0.1) is 16.3 Å². The fraction of sp³-hybridized carbons (Fsp3) is 0.467. The fourth-order valence-corrected chi connectivity index (χ4v) is 2.49. The number of hydrogen-bond donors (Lipinski definition) is 1. The van der Waals surface area contributed by atoms with Gasteiger partial charge in [0.1, 0.15) is 0 Å². The molecule has 5 nitrogen and oxygen atoms in total. The molecule has 6 heteroatoms. The van der Waals surface area contributed by atoms with E-state index in [2.05, 4.69) is 0 Å². The maximum absolute atomic E-state index is 12.2. The second kappa shape index (κ2) is 6.80. The Morgan fingerprint density at radius 2 is 1.95 bits per heavy atom. The molecule has 1 atom stereocenters. The summed E-state index contributed by atoms with van der Waals surface area (Å²) >= 11 is 5.87. The van der Waals surface area contributed by atoms with E-state index in [-0.39, 0.29) is 11.5 Å². The van der Waals surface area contributed by atoms with E-state index < -0.39 is 12.1 Å². The predicted molar refractivity (Wildman–Crippen MR) is 81.2 cm³/mol. The highest BCUT2D eigenvalue weighted by molar-refractivity contribution is 6.33. The number of carbonyl (C=O) groups is 2. The Morgan fingerprint density at radius 1 is 1.29 bits per heavy atom. The van der Waals surface area contributed by atoms with Gasteiger partial charge in [0.25, 0.3) is 5.91 Å². The third kappa shape index (κ3) is 3.88. The Morgan fingerprint density at radius 3 is 2.57 bits per heavy atom. The molecule has 0 saturated carbocycles. The number of esters is 1. The lowest BCUT2D eigenvalue weighted by Crippen LogP contribution is -2.42. The monoisotopic (exact) mass is 310 g/mol. The number of benzene rings is 1. The molecule has 1 fully saturated rings. The molecule has 0 bridgehead atoms. The van der Waals surface area contributed by atoms with Crippen molar-refractivity contribution in [3.8, 4) is 0 Å². The highest BCUT2D eigenvalue weighted by atomic mass is 35.5. The number of nitrogens with two attached hydrogens (primary N) is 1. The summed E-state index contributed by atoms with van der Waals surface area (Å²) in [5.41, 5.74) is 6.27. The lowest BCUT2D eigenvalue weighted by Gasteiger charge is -2.28. The average molecular weight is 311 g/mol. The number of hydrogen-bond acceptors (Lipinski definition) is 4. The van der Waals surface area contributed by atoms with Gasteiger partial charge in [0.15, 0.2) is 6.10 Å². The molecule has 0 spiro atoms. The van der Waals surface area contributed by atoms with Crippen LogP contribution in [0, 0.1) is 0 Å². The quantitative estimate of drug-likeness (QED) is 0.687. The third-order valence-electron chi connectivity index (χ3n) is 3.54. The maximum atomic E-state index is 12.2. The van der Waals surface area contributed by atoms with Crippen molar-refractivity contribution in [2.24, 2.45) is 0 Å². The van der Waals surface area contributed by atoms with E-state index in [1.807, 2.05) is 0 Å². The Kier molecular flexibility index (Phi) is 5.07. The lowest BCUT2D eigenvalue weighted by atomic mass is 10.1. The van der Waals surface area contributed by atoms with Crippen molar-refractivity contribution < 1.29 is 14.3 Å². The van der Waals surface area contributed by atoms with Crippen LogP contribution in [0.25, 0.3) is 0 Å². The molecule has 1 aliphatic rings. The van der Waals surface area contributed by atoms with Crippen LogP contribution < -0.4 is 5.73 Å². The number of likely N-dealkylation sites (tertiary alicyclic amines) is 1. The molecule has 1 saturated heterocycles. The zero-order chi connectivity index (χ0) is 15.4. The van der Waals surface area contributed by atoms with Crippen LogP contribution in [0.5, 0.6) is 0 Å². The first-order valence-electron chi connectivity index (χ1n) is 7.04. The summed E-state index contributed by atoms with van der Waals surface area (Å²) in [6, 6.07) is 4.51. The summed E-state index contributed by atoms with van der Waals surface area (Å²) in [5.74, 6) is -0.723. The summed E-state index contributed by atoms with van der Waals surface area (Å²) < 4.78 is 5.22. The van der Waals surface area contributed by atoms with E-state index in [1.165, 1.54) is 18.2 Å². The number of halogens is 1. The highest BCUT2D eigenvalue weighted by Gasteiger charge is 2.25. The molecule has 2 N–H and O–H groups in total. The van der Waals surface area contributed by atoms with Gasteiger partial charge in [0.2, 0.25) is 0 Å². The highest BCUT2D eigenvalue weighted by Crippen LogP contribution is 2.20. The van der Waals surface area contributed by atoms with Crippen molar-refractivity contribution >= 4 is 29.2 Å². The van der Waals surface area contributed by atoms with Gasteiger partial charge in [-0.2, -0.15) is 0 Å². The largest absolute Gasteiger partial charge is 0.449 e. The Balaban J connectivity index is 1.97. The molecule has 21 heavy (non-hydrogen) atoms. The number of carbonyl (C=O) groups excluding carboxylic acids is 2. The van der Waals surface area contributed by atoms with Crippen molar-refractivity contribution in [1.82, 2.24) is 4.90 Å². The Labute approximate surface area is 129 Å². The zero-order valence-electron chi connectivity index (χ0n) is 12.0. The van der Waals surface area contributed by atoms with Crippen molar-refractivity contribution in [2.45, 2.75) is 32.3 Å². The average Bonchev–Trinajstić information content (AvgIpc) is 2.50. The summed E-state index contributed by atoms with van der Waals surface area (Å²) in [6.45, 7) is 3.05. The van der Waals surface area contributed by atoms with Crippen LogP contribution in [0.3, 0.4) is 0 Å².